The van der Waals surface area contributed by atoms with E-state index in [1.807, 2.05) is 12.1 Å². The number of halogens is 1. The number of furan rings is 1. The highest BCUT2D eigenvalue weighted by molar-refractivity contribution is 6.32. The number of ether oxygens (including phenoxy) is 1. The summed E-state index contributed by atoms with van der Waals surface area (Å²) in [4.78, 5) is 34.5. The number of ketones is 1. The minimum atomic E-state index is -0.869. The number of para-hydroxylation sites is 1. The van der Waals surface area contributed by atoms with Crippen molar-refractivity contribution in [3.05, 3.63) is 74.5 Å². The fourth-order valence-electron chi connectivity index (χ4n) is 2.50. The van der Waals surface area contributed by atoms with Crippen LogP contribution in [-0.2, 0) is 4.74 Å². The second-order valence-electron chi connectivity index (χ2n) is 5.47. The molecule has 0 aliphatic heterocycles. The lowest BCUT2D eigenvalue weighted by molar-refractivity contribution is -0.384. The molecule has 1 heterocycles. The lowest BCUT2D eigenvalue weighted by Crippen LogP contribution is -2.14. The zero-order chi connectivity index (χ0) is 18.8. The first-order chi connectivity index (χ1) is 12.4. The van der Waals surface area contributed by atoms with E-state index in [1.54, 1.807) is 19.1 Å². The Balaban J connectivity index is 1.75. The molecule has 3 aromatic rings. The Kier molecular flexibility index (Phi) is 4.73. The van der Waals surface area contributed by atoms with Crippen molar-refractivity contribution >= 4 is 40.0 Å². The van der Waals surface area contributed by atoms with E-state index in [4.69, 9.17) is 20.8 Å². The topological polar surface area (TPSA) is 99.7 Å². The van der Waals surface area contributed by atoms with Crippen molar-refractivity contribution in [2.75, 3.05) is 6.61 Å². The maximum absolute atomic E-state index is 12.3. The van der Waals surface area contributed by atoms with Crippen LogP contribution in [0.2, 0.25) is 5.02 Å². The fourth-order valence-corrected chi connectivity index (χ4v) is 2.69. The van der Waals surface area contributed by atoms with Gasteiger partial charge in [-0.15, -0.1) is 0 Å². The lowest BCUT2D eigenvalue weighted by atomic mass is 10.1. The Bertz CT molecular complexity index is 1040. The Morgan fingerprint density at radius 2 is 1.96 bits per heavy atom. The highest BCUT2D eigenvalue weighted by Gasteiger charge is 2.21. The van der Waals surface area contributed by atoms with Crippen molar-refractivity contribution in [1.29, 1.82) is 0 Å². The lowest BCUT2D eigenvalue weighted by Gasteiger charge is -2.04. The van der Waals surface area contributed by atoms with Crippen molar-refractivity contribution in [2.45, 2.75) is 6.92 Å². The number of nitrogens with zero attached hydrogens (tertiary/aromatic N) is 1. The largest absolute Gasteiger partial charge is 0.454 e. The summed E-state index contributed by atoms with van der Waals surface area (Å²) < 4.78 is 10.5. The zero-order valence-electron chi connectivity index (χ0n) is 13.5. The number of nitro groups is 1. The van der Waals surface area contributed by atoms with Crippen molar-refractivity contribution in [2.24, 2.45) is 0 Å². The van der Waals surface area contributed by atoms with Gasteiger partial charge in [-0.05, 0) is 25.1 Å². The molecule has 0 saturated carbocycles. The van der Waals surface area contributed by atoms with Gasteiger partial charge in [0.05, 0.1) is 10.5 Å². The van der Waals surface area contributed by atoms with Crippen LogP contribution in [-0.4, -0.2) is 23.3 Å². The maximum atomic E-state index is 12.3. The van der Waals surface area contributed by atoms with E-state index >= 15 is 0 Å². The molecule has 0 unspecified atom stereocenters. The average Bonchev–Trinajstić information content (AvgIpc) is 2.97. The van der Waals surface area contributed by atoms with Gasteiger partial charge in [0.1, 0.15) is 10.6 Å². The van der Waals surface area contributed by atoms with Crippen LogP contribution in [0.4, 0.5) is 5.69 Å². The number of carbonyl (C=O) groups excluding carboxylic acids is 2. The van der Waals surface area contributed by atoms with Gasteiger partial charge in [-0.25, -0.2) is 4.79 Å². The van der Waals surface area contributed by atoms with Gasteiger partial charge < -0.3 is 9.15 Å². The summed E-state index contributed by atoms with van der Waals surface area (Å²) in [5.41, 5.74) is 0.729. The van der Waals surface area contributed by atoms with Crippen LogP contribution in [0.15, 0.2) is 46.9 Å². The van der Waals surface area contributed by atoms with E-state index in [-0.39, 0.29) is 16.3 Å². The Labute approximate surface area is 152 Å². The molecule has 0 bridgehead atoms. The SMILES string of the molecule is Cc1c(C(=O)COC(=O)c2ccc(Cl)c([N+](=O)[O-])c2)oc2ccccc12. The number of hydrogen-bond acceptors (Lipinski definition) is 6. The third-order valence-corrected chi connectivity index (χ3v) is 4.13. The highest BCUT2D eigenvalue weighted by atomic mass is 35.5. The molecule has 0 amide bonds. The molecule has 0 aliphatic carbocycles. The molecular formula is C18H12ClNO6. The molecule has 0 aliphatic rings. The molecule has 0 fully saturated rings. The van der Waals surface area contributed by atoms with Crippen LogP contribution in [0.1, 0.15) is 26.5 Å². The Morgan fingerprint density at radius 3 is 2.65 bits per heavy atom. The first-order valence-corrected chi connectivity index (χ1v) is 7.88. The number of aryl methyl sites for hydroxylation is 1. The smallest absolute Gasteiger partial charge is 0.338 e. The van der Waals surface area contributed by atoms with Crippen LogP contribution >= 0.6 is 11.6 Å². The summed E-state index contributed by atoms with van der Waals surface area (Å²) in [6.45, 7) is 1.19. The van der Waals surface area contributed by atoms with E-state index in [2.05, 4.69) is 0 Å². The van der Waals surface area contributed by atoms with Gasteiger partial charge in [-0.2, -0.15) is 0 Å². The fraction of sp³-hybridized carbons (Fsp3) is 0.111. The third kappa shape index (κ3) is 3.29. The standard InChI is InChI=1S/C18H12ClNO6/c1-10-12-4-2-3-5-16(12)26-17(10)15(21)9-25-18(22)11-6-7-13(19)14(8-11)20(23)24/h2-8H,9H2,1H3. The second-order valence-corrected chi connectivity index (χ2v) is 5.88. The predicted molar refractivity (Wildman–Crippen MR) is 93.7 cm³/mol. The number of esters is 1. The van der Waals surface area contributed by atoms with Gasteiger partial charge in [0.2, 0.25) is 5.78 Å². The van der Waals surface area contributed by atoms with Gasteiger partial charge in [0.25, 0.3) is 5.69 Å². The van der Waals surface area contributed by atoms with E-state index < -0.39 is 29.0 Å². The van der Waals surface area contributed by atoms with Crippen molar-refractivity contribution in [1.82, 2.24) is 0 Å². The molecule has 0 atom stereocenters. The normalized spacial score (nSPS) is 10.7. The molecule has 0 radical (unpaired) electrons. The van der Waals surface area contributed by atoms with Crippen molar-refractivity contribution in [3.8, 4) is 0 Å². The number of benzene rings is 2. The van der Waals surface area contributed by atoms with Crippen molar-refractivity contribution < 1.29 is 23.7 Å². The first-order valence-electron chi connectivity index (χ1n) is 7.51. The molecule has 1 aromatic heterocycles. The number of hydrogen-bond donors (Lipinski definition) is 0. The summed E-state index contributed by atoms with van der Waals surface area (Å²) >= 11 is 5.70. The first kappa shape index (κ1) is 17.6. The number of rotatable bonds is 5. The Morgan fingerprint density at radius 1 is 1.23 bits per heavy atom. The van der Waals surface area contributed by atoms with E-state index in [9.17, 15) is 19.7 Å². The van der Waals surface area contributed by atoms with Crippen LogP contribution in [0.3, 0.4) is 0 Å². The molecule has 0 N–H and O–H groups in total. The predicted octanol–water partition coefficient (Wildman–Crippen LogP) is 4.34. The zero-order valence-corrected chi connectivity index (χ0v) is 14.3. The van der Waals surface area contributed by atoms with Crippen LogP contribution < -0.4 is 0 Å². The maximum Gasteiger partial charge on any atom is 0.338 e. The Hall–Kier alpha value is -3.19. The van der Waals surface area contributed by atoms with Crippen LogP contribution in [0.25, 0.3) is 11.0 Å². The van der Waals surface area contributed by atoms with Crippen molar-refractivity contribution in [3.63, 3.8) is 0 Å². The number of fused-ring (bicyclic) bond motifs is 1. The van der Waals surface area contributed by atoms with Gasteiger partial charge in [0, 0.05) is 17.0 Å². The van der Waals surface area contributed by atoms with E-state index in [1.165, 1.54) is 12.1 Å². The van der Waals surface area contributed by atoms with Crippen LogP contribution in [0.5, 0.6) is 0 Å². The molecule has 3 rings (SSSR count). The molecule has 132 valence electrons. The summed E-state index contributed by atoms with van der Waals surface area (Å²) in [5.74, 6) is -1.26. The van der Waals surface area contributed by atoms with Gasteiger partial charge in [-0.1, -0.05) is 29.8 Å². The number of Topliss-reactive ketones (excluding diaryl/α,β-unsaturated/α-hetero) is 1. The van der Waals surface area contributed by atoms with Crippen LogP contribution in [0, 0.1) is 17.0 Å². The summed E-state index contributed by atoms with van der Waals surface area (Å²) in [5, 5.41) is 11.6. The summed E-state index contributed by atoms with van der Waals surface area (Å²) in [6.07, 6.45) is 0. The minimum absolute atomic E-state index is 0.0739. The average molecular weight is 374 g/mol. The van der Waals surface area contributed by atoms with Gasteiger partial charge in [-0.3, -0.25) is 14.9 Å². The molecule has 7 nitrogen and oxygen atoms in total. The minimum Gasteiger partial charge on any atom is -0.454 e. The third-order valence-electron chi connectivity index (χ3n) is 3.81. The monoisotopic (exact) mass is 373 g/mol. The van der Waals surface area contributed by atoms with E-state index in [0.717, 1.165) is 11.5 Å². The molecular weight excluding hydrogens is 362 g/mol. The number of carbonyl (C=O) groups is 2. The second kappa shape index (κ2) is 6.97. The quantitative estimate of drug-likeness (QED) is 0.285. The highest BCUT2D eigenvalue weighted by Crippen LogP contribution is 2.26. The van der Waals surface area contributed by atoms with Gasteiger partial charge in [0.15, 0.2) is 12.4 Å². The molecule has 0 saturated heterocycles. The van der Waals surface area contributed by atoms with Gasteiger partial charge >= 0.3 is 5.97 Å². The molecule has 8 heteroatoms. The van der Waals surface area contributed by atoms with E-state index in [0.29, 0.717) is 11.1 Å². The number of nitro benzene ring substituents is 1. The summed E-state index contributed by atoms with van der Waals surface area (Å²) in [7, 11) is 0. The summed E-state index contributed by atoms with van der Waals surface area (Å²) in [6, 6.07) is 10.7. The molecule has 26 heavy (non-hydrogen) atoms. The molecule has 2 aromatic carbocycles. The molecule has 0 spiro atoms.